The summed E-state index contributed by atoms with van der Waals surface area (Å²) >= 11 is 0. The fourth-order valence-corrected chi connectivity index (χ4v) is 2.56. The molecule has 0 saturated carbocycles. The minimum Gasteiger partial charge on any atom is -0.450 e. The molecular weight excluding hydrogens is 336 g/mol. The number of carbonyl (C=O) groups excluding carboxylic acids is 3. The van der Waals surface area contributed by atoms with Crippen LogP contribution in [0.4, 0.5) is 4.79 Å². The number of hydrogen-bond acceptors (Lipinski definition) is 5. The topological polar surface area (TPSA) is 91.8 Å². The average molecular weight is 362 g/mol. The molecule has 0 aliphatic carbocycles. The summed E-state index contributed by atoms with van der Waals surface area (Å²) in [6.45, 7) is 8.35. The highest BCUT2D eigenvalue weighted by molar-refractivity contribution is 5.98. The largest absolute Gasteiger partial charge is 0.450 e. The van der Waals surface area contributed by atoms with E-state index in [-0.39, 0.29) is 23.6 Å². The van der Waals surface area contributed by atoms with Gasteiger partial charge in [-0.05, 0) is 25.0 Å². The third kappa shape index (κ3) is 5.18. The van der Waals surface area contributed by atoms with E-state index < -0.39 is 0 Å². The van der Waals surface area contributed by atoms with E-state index in [4.69, 9.17) is 4.74 Å². The predicted molar refractivity (Wildman–Crippen MR) is 95.9 cm³/mol. The maximum atomic E-state index is 12.7. The van der Waals surface area contributed by atoms with Gasteiger partial charge in [-0.25, -0.2) is 4.79 Å². The van der Waals surface area contributed by atoms with Gasteiger partial charge in [-0.2, -0.15) is 0 Å². The highest BCUT2D eigenvalue weighted by atomic mass is 16.6. The Morgan fingerprint density at radius 3 is 2.46 bits per heavy atom. The number of hydrogen-bond donors (Lipinski definition) is 1. The van der Waals surface area contributed by atoms with Crippen LogP contribution in [0.3, 0.4) is 0 Å². The Hall–Kier alpha value is -2.64. The van der Waals surface area contributed by atoms with E-state index in [9.17, 15) is 14.4 Å². The van der Waals surface area contributed by atoms with Gasteiger partial charge in [0.15, 0.2) is 0 Å². The number of aromatic nitrogens is 1. The third-order valence-corrected chi connectivity index (χ3v) is 4.00. The Labute approximate surface area is 153 Å². The number of nitrogens with zero attached hydrogens (tertiary/aromatic N) is 3. The fourth-order valence-electron chi connectivity index (χ4n) is 2.56. The zero-order valence-corrected chi connectivity index (χ0v) is 15.5. The van der Waals surface area contributed by atoms with Crippen LogP contribution in [0.15, 0.2) is 18.3 Å². The molecule has 0 unspecified atom stereocenters. The lowest BCUT2D eigenvalue weighted by Gasteiger charge is -2.34. The standard InChI is InChI=1S/C18H26N4O4/c1-4-26-18(25)22-9-7-21(8-10-22)17(24)14-5-6-19-15(11-14)16(23)20-12-13(2)3/h5-6,11,13H,4,7-10,12H2,1-3H3,(H,20,23). The van der Waals surface area contributed by atoms with E-state index in [0.29, 0.717) is 50.8 Å². The van der Waals surface area contributed by atoms with Crippen molar-refractivity contribution in [3.8, 4) is 0 Å². The van der Waals surface area contributed by atoms with E-state index >= 15 is 0 Å². The summed E-state index contributed by atoms with van der Waals surface area (Å²) in [5.41, 5.74) is 0.640. The van der Waals surface area contributed by atoms with Crippen LogP contribution in [0.2, 0.25) is 0 Å². The van der Waals surface area contributed by atoms with Crippen molar-refractivity contribution in [2.24, 2.45) is 5.92 Å². The molecule has 1 aliphatic heterocycles. The molecule has 26 heavy (non-hydrogen) atoms. The normalized spacial score (nSPS) is 14.3. The van der Waals surface area contributed by atoms with Gasteiger partial charge in [0.2, 0.25) is 0 Å². The lowest BCUT2D eigenvalue weighted by molar-refractivity contribution is 0.0570. The van der Waals surface area contributed by atoms with Gasteiger partial charge in [0.1, 0.15) is 5.69 Å². The van der Waals surface area contributed by atoms with E-state index in [1.165, 1.54) is 12.3 Å². The monoisotopic (exact) mass is 362 g/mol. The summed E-state index contributed by atoms with van der Waals surface area (Å²) in [5, 5.41) is 2.79. The molecule has 0 radical (unpaired) electrons. The van der Waals surface area contributed by atoms with Crippen molar-refractivity contribution >= 4 is 17.9 Å². The molecule has 0 bridgehead atoms. The van der Waals surface area contributed by atoms with Gasteiger partial charge < -0.3 is 19.9 Å². The van der Waals surface area contributed by atoms with Crippen LogP contribution in [0.1, 0.15) is 41.6 Å². The van der Waals surface area contributed by atoms with Gasteiger partial charge in [-0.15, -0.1) is 0 Å². The Bertz CT molecular complexity index is 654. The number of piperazine rings is 1. The van der Waals surface area contributed by atoms with E-state index in [1.54, 1.807) is 22.8 Å². The van der Waals surface area contributed by atoms with Crippen molar-refractivity contribution < 1.29 is 19.1 Å². The minimum atomic E-state index is -0.354. The number of amides is 3. The maximum absolute atomic E-state index is 12.7. The van der Waals surface area contributed by atoms with Crippen molar-refractivity contribution in [2.45, 2.75) is 20.8 Å². The van der Waals surface area contributed by atoms with Crippen LogP contribution in [-0.2, 0) is 4.74 Å². The lowest BCUT2D eigenvalue weighted by Crippen LogP contribution is -2.50. The first kappa shape index (κ1) is 19.7. The molecule has 1 saturated heterocycles. The number of pyridine rings is 1. The number of nitrogens with one attached hydrogen (secondary N) is 1. The summed E-state index contributed by atoms with van der Waals surface area (Å²) in [4.78, 5) is 43.8. The average Bonchev–Trinajstić information content (AvgIpc) is 2.66. The molecule has 1 aromatic heterocycles. The summed E-state index contributed by atoms with van der Waals surface area (Å²) in [6, 6.07) is 3.11. The van der Waals surface area contributed by atoms with Crippen molar-refractivity contribution in [3.63, 3.8) is 0 Å². The van der Waals surface area contributed by atoms with Gasteiger partial charge in [0.25, 0.3) is 11.8 Å². The highest BCUT2D eigenvalue weighted by Gasteiger charge is 2.26. The summed E-state index contributed by atoms with van der Waals surface area (Å²) < 4.78 is 4.97. The molecule has 8 nitrogen and oxygen atoms in total. The highest BCUT2D eigenvalue weighted by Crippen LogP contribution is 2.11. The second kappa shape index (κ2) is 9.17. The quantitative estimate of drug-likeness (QED) is 0.854. The van der Waals surface area contributed by atoms with Crippen molar-refractivity contribution in [3.05, 3.63) is 29.6 Å². The SMILES string of the molecule is CCOC(=O)N1CCN(C(=O)c2ccnc(C(=O)NCC(C)C)c2)CC1. The molecular formula is C18H26N4O4. The molecule has 0 aromatic carbocycles. The summed E-state index contributed by atoms with van der Waals surface area (Å²) in [5.74, 6) is -0.131. The van der Waals surface area contributed by atoms with Crippen molar-refractivity contribution in [1.29, 1.82) is 0 Å². The predicted octanol–water partition coefficient (Wildman–Crippen LogP) is 1.38. The van der Waals surface area contributed by atoms with Crippen LogP contribution in [0.5, 0.6) is 0 Å². The Kier molecular flexibility index (Phi) is 6.94. The van der Waals surface area contributed by atoms with Crippen LogP contribution >= 0.6 is 0 Å². The van der Waals surface area contributed by atoms with Gasteiger partial charge >= 0.3 is 6.09 Å². The molecule has 2 rings (SSSR count). The molecule has 0 spiro atoms. The smallest absolute Gasteiger partial charge is 0.409 e. The van der Waals surface area contributed by atoms with E-state index in [2.05, 4.69) is 10.3 Å². The van der Waals surface area contributed by atoms with Crippen LogP contribution in [0.25, 0.3) is 0 Å². The molecule has 142 valence electrons. The minimum absolute atomic E-state index is 0.172. The molecule has 3 amide bonds. The second-order valence-electron chi connectivity index (χ2n) is 6.51. The number of carbonyl (C=O) groups is 3. The van der Waals surface area contributed by atoms with Gasteiger partial charge in [0.05, 0.1) is 6.61 Å². The molecule has 1 fully saturated rings. The number of ether oxygens (including phenoxy) is 1. The first-order valence-electron chi connectivity index (χ1n) is 8.87. The lowest BCUT2D eigenvalue weighted by atomic mass is 10.1. The van der Waals surface area contributed by atoms with Gasteiger partial charge in [0, 0.05) is 44.5 Å². The summed E-state index contributed by atoms with van der Waals surface area (Å²) in [7, 11) is 0. The Morgan fingerprint density at radius 2 is 1.85 bits per heavy atom. The van der Waals surface area contributed by atoms with E-state index in [1.807, 2.05) is 13.8 Å². The maximum Gasteiger partial charge on any atom is 0.409 e. The number of rotatable bonds is 5. The van der Waals surface area contributed by atoms with Crippen LogP contribution in [-0.4, -0.2) is 72.0 Å². The van der Waals surface area contributed by atoms with Crippen LogP contribution < -0.4 is 5.32 Å². The van der Waals surface area contributed by atoms with Gasteiger partial charge in [-0.3, -0.25) is 14.6 Å². The zero-order valence-electron chi connectivity index (χ0n) is 15.5. The van der Waals surface area contributed by atoms with Crippen molar-refractivity contribution in [1.82, 2.24) is 20.1 Å². The van der Waals surface area contributed by atoms with Gasteiger partial charge in [-0.1, -0.05) is 13.8 Å². The zero-order chi connectivity index (χ0) is 19.1. The first-order chi connectivity index (χ1) is 12.4. The molecule has 8 heteroatoms. The molecule has 2 heterocycles. The van der Waals surface area contributed by atoms with Crippen molar-refractivity contribution in [2.75, 3.05) is 39.3 Å². The summed E-state index contributed by atoms with van der Waals surface area (Å²) in [6.07, 6.45) is 1.11. The first-order valence-corrected chi connectivity index (χ1v) is 8.87. The Morgan fingerprint density at radius 1 is 1.19 bits per heavy atom. The van der Waals surface area contributed by atoms with Crippen LogP contribution in [0, 0.1) is 5.92 Å². The molecule has 1 aliphatic rings. The Balaban J connectivity index is 1.97. The third-order valence-electron chi connectivity index (χ3n) is 4.00. The molecule has 0 atom stereocenters. The molecule has 1 aromatic rings. The second-order valence-corrected chi connectivity index (χ2v) is 6.51. The fraction of sp³-hybridized carbons (Fsp3) is 0.556. The van der Waals surface area contributed by atoms with E-state index in [0.717, 1.165) is 0 Å². The molecule has 1 N–H and O–H groups in total.